The van der Waals surface area contributed by atoms with Crippen LogP contribution in [-0.4, -0.2) is 61.5 Å². The summed E-state index contributed by atoms with van der Waals surface area (Å²) in [6.07, 6.45) is 7.12. The second-order valence-corrected chi connectivity index (χ2v) is 7.72. The number of aliphatic imine (C=N–C) groups is 1. The van der Waals surface area contributed by atoms with Crippen molar-refractivity contribution in [3.8, 4) is 5.75 Å². The Bertz CT molecular complexity index is 685. The van der Waals surface area contributed by atoms with Gasteiger partial charge in [0, 0.05) is 38.9 Å². The third-order valence-corrected chi connectivity index (χ3v) is 6.03. The predicted octanol–water partition coefficient (Wildman–Crippen LogP) is 2.23. The van der Waals surface area contributed by atoms with Crippen molar-refractivity contribution < 1.29 is 14.6 Å². The number of aryl methyl sites for hydroxylation is 1. The minimum Gasteiger partial charge on any atom is -0.508 e. The van der Waals surface area contributed by atoms with Gasteiger partial charge in [-0.15, -0.1) is 0 Å². The molecule has 2 unspecified atom stereocenters. The molecule has 3 aliphatic rings. The van der Waals surface area contributed by atoms with Gasteiger partial charge in [-0.25, -0.2) is 0 Å². The number of nitrogens with zero attached hydrogens (tertiary/aromatic N) is 2. The Kier molecular flexibility index (Phi) is 5.83. The summed E-state index contributed by atoms with van der Waals surface area (Å²) in [5.74, 6) is 1.26. The summed E-state index contributed by atoms with van der Waals surface area (Å²) in [6.45, 7) is 3.75. The molecule has 2 fully saturated rings. The fourth-order valence-electron chi connectivity index (χ4n) is 4.58. The van der Waals surface area contributed by atoms with E-state index in [4.69, 9.17) is 9.47 Å². The van der Waals surface area contributed by atoms with Crippen molar-refractivity contribution in [2.45, 2.75) is 57.3 Å². The van der Waals surface area contributed by atoms with Gasteiger partial charge in [-0.3, -0.25) is 4.99 Å². The zero-order valence-corrected chi connectivity index (χ0v) is 16.2. The van der Waals surface area contributed by atoms with E-state index in [0.29, 0.717) is 18.9 Å². The minimum absolute atomic E-state index is 0.109. The van der Waals surface area contributed by atoms with Gasteiger partial charge in [0.25, 0.3) is 0 Å². The molecule has 1 aliphatic carbocycles. The van der Waals surface area contributed by atoms with Gasteiger partial charge in [-0.2, -0.15) is 0 Å². The molecular formula is C21H31N3O3. The van der Waals surface area contributed by atoms with Crippen LogP contribution in [0.15, 0.2) is 17.1 Å². The third-order valence-electron chi connectivity index (χ3n) is 6.03. The summed E-state index contributed by atoms with van der Waals surface area (Å²) in [5.41, 5.74) is 3.73. The average molecular weight is 373 g/mol. The fourth-order valence-corrected chi connectivity index (χ4v) is 4.58. The number of ether oxygens (including phenoxy) is 2. The first-order valence-electron chi connectivity index (χ1n) is 10.3. The van der Waals surface area contributed by atoms with Crippen molar-refractivity contribution in [3.05, 3.63) is 28.8 Å². The largest absolute Gasteiger partial charge is 0.508 e. The zero-order chi connectivity index (χ0) is 18.6. The lowest BCUT2D eigenvalue weighted by molar-refractivity contribution is -0.0817. The van der Waals surface area contributed by atoms with Crippen LogP contribution in [0.25, 0.3) is 0 Å². The highest BCUT2D eigenvalue weighted by Gasteiger charge is 2.32. The lowest BCUT2D eigenvalue weighted by Crippen LogP contribution is -2.53. The average Bonchev–Trinajstić information content (AvgIpc) is 3.25. The van der Waals surface area contributed by atoms with E-state index in [1.807, 2.05) is 13.1 Å². The molecule has 6 nitrogen and oxygen atoms in total. The van der Waals surface area contributed by atoms with Gasteiger partial charge < -0.3 is 24.8 Å². The molecule has 6 heteroatoms. The number of benzene rings is 1. The minimum atomic E-state index is 0.109. The molecule has 0 bridgehead atoms. The normalized spacial score (nSPS) is 26.1. The molecule has 2 aliphatic heterocycles. The van der Waals surface area contributed by atoms with Crippen LogP contribution in [-0.2, 0) is 28.9 Å². The molecule has 148 valence electrons. The van der Waals surface area contributed by atoms with Gasteiger partial charge in [0.15, 0.2) is 5.96 Å². The molecule has 0 amide bonds. The van der Waals surface area contributed by atoms with Gasteiger partial charge in [0.05, 0.1) is 12.7 Å². The molecule has 1 aromatic carbocycles. The van der Waals surface area contributed by atoms with Gasteiger partial charge in [-0.1, -0.05) is 6.07 Å². The van der Waals surface area contributed by atoms with Crippen LogP contribution < -0.4 is 5.32 Å². The summed E-state index contributed by atoms with van der Waals surface area (Å²) in [4.78, 5) is 6.74. The Morgan fingerprint density at radius 2 is 2.04 bits per heavy atom. The number of phenolic OH excluding ortho intramolecular Hbond substituents is 1. The summed E-state index contributed by atoms with van der Waals surface area (Å²) >= 11 is 0. The molecule has 4 rings (SSSR count). The number of fused-ring (bicyclic) bond motifs is 1. The molecule has 2 atom stereocenters. The number of hydrogen-bond acceptors (Lipinski definition) is 4. The lowest BCUT2D eigenvalue weighted by Gasteiger charge is -2.37. The number of morpholine rings is 1. The van der Waals surface area contributed by atoms with Crippen LogP contribution >= 0.6 is 0 Å². The van der Waals surface area contributed by atoms with Gasteiger partial charge >= 0.3 is 0 Å². The van der Waals surface area contributed by atoms with Crippen molar-refractivity contribution in [1.82, 2.24) is 10.2 Å². The van der Waals surface area contributed by atoms with E-state index < -0.39 is 0 Å². The topological polar surface area (TPSA) is 66.3 Å². The highest BCUT2D eigenvalue weighted by Crippen LogP contribution is 2.30. The van der Waals surface area contributed by atoms with Gasteiger partial charge in [0.1, 0.15) is 11.9 Å². The van der Waals surface area contributed by atoms with Crippen molar-refractivity contribution in [2.24, 2.45) is 4.99 Å². The maximum Gasteiger partial charge on any atom is 0.194 e. The monoisotopic (exact) mass is 373 g/mol. The number of nitrogens with one attached hydrogen (secondary N) is 1. The van der Waals surface area contributed by atoms with Crippen LogP contribution in [0.4, 0.5) is 0 Å². The maximum absolute atomic E-state index is 10.4. The molecule has 0 radical (unpaired) electrons. The van der Waals surface area contributed by atoms with E-state index in [1.165, 1.54) is 24.0 Å². The molecule has 2 saturated heterocycles. The van der Waals surface area contributed by atoms with Crippen LogP contribution in [0.5, 0.6) is 5.75 Å². The summed E-state index contributed by atoms with van der Waals surface area (Å²) in [6, 6.07) is 3.92. The Morgan fingerprint density at radius 1 is 1.19 bits per heavy atom. The van der Waals surface area contributed by atoms with Gasteiger partial charge in [0.2, 0.25) is 0 Å². The number of rotatable bonds is 3. The summed E-state index contributed by atoms with van der Waals surface area (Å²) in [7, 11) is 1.82. The molecule has 27 heavy (non-hydrogen) atoms. The quantitative estimate of drug-likeness (QED) is 0.628. The zero-order valence-electron chi connectivity index (χ0n) is 16.2. The number of hydrogen-bond donors (Lipinski definition) is 2. The van der Waals surface area contributed by atoms with Crippen molar-refractivity contribution in [1.29, 1.82) is 0 Å². The van der Waals surface area contributed by atoms with Crippen LogP contribution in [0.1, 0.15) is 42.4 Å². The van der Waals surface area contributed by atoms with E-state index in [-0.39, 0.29) is 12.2 Å². The molecule has 2 heterocycles. The summed E-state index contributed by atoms with van der Waals surface area (Å²) in [5, 5.41) is 13.9. The van der Waals surface area contributed by atoms with Crippen molar-refractivity contribution in [2.75, 3.05) is 33.4 Å². The standard InChI is InChI=1S/C21H31N3O3/c1-22-21(24-10-12-27-20(14-24)19-7-4-11-26-19)23-13-17-16-6-3-2-5-15(16)8-9-18(17)25/h8-9,19-20,25H,2-7,10-14H2,1H3,(H,22,23). The first kappa shape index (κ1) is 18.6. The molecule has 0 aromatic heterocycles. The van der Waals surface area contributed by atoms with E-state index in [9.17, 15) is 5.11 Å². The number of phenols is 1. The molecule has 2 N–H and O–H groups in total. The molecule has 0 saturated carbocycles. The SMILES string of the molecule is CN=C(NCc1c(O)ccc2c1CCCC2)N1CCOC(C2CCCO2)C1. The van der Waals surface area contributed by atoms with Crippen molar-refractivity contribution >= 4 is 5.96 Å². The van der Waals surface area contributed by atoms with Gasteiger partial charge in [-0.05, 0) is 55.7 Å². The molecule has 1 aromatic rings. The third kappa shape index (κ3) is 4.06. The Balaban J connectivity index is 1.42. The number of aromatic hydroxyl groups is 1. The number of guanidine groups is 1. The van der Waals surface area contributed by atoms with Crippen LogP contribution in [0, 0.1) is 0 Å². The molecule has 0 spiro atoms. The first-order chi connectivity index (χ1) is 13.3. The van der Waals surface area contributed by atoms with E-state index in [2.05, 4.69) is 21.3 Å². The fraction of sp³-hybridized carbons (Fsp3) is 0.667. The second kappa shape index (κ2) is 8.48. The van der Waals surface area contributed by atoms with E-state index in [1.54, 1.807) is 0 Å². The summed E-state index contributed by atoms with van der Waals surface area (Å²) < 4.78 is 11.8. The van der Waals surface area contributed by atoms with Crippen LogP contribution in [0.2, 0.25) is 0 Å². The van der Waals surface area contributed by atoms with Crippen LogP contribution in [0.3, 0.4) is 0 Å². The Labute approximate surface area is 161 Å². The Hall–Kier alpha value is -1.79. The Morgan fingerprint density at radius 3 is 2.85 bits per heavy atom. The van der Waals surface area contributed by atoms with Crippen molar-refractivity contribution in [3.63, 3.8) is 0 Å². The molecular weight excluding hydrogens is 342 g/mol. The second-order valence-electron chi connectivity index (χ2n) is 7.72. The maximum atomic E-state index is 10.4. The smallest absolute Gasteiger partial charge is 0.194 e. The first-order valence-corrected chi connectivity index (χ1v) is 10.3. The van der Waals surface area contributed by atoms with E-state index in [0.717, 1.165) is 56.9 Å². The highest BCUT2D eigenvalue weighted by atomic mass is 16.5. The lowest BCUT2D eigenvalue weighted by atomic mass is 9.88. The predicted molar refractivity (Wildman–Crippen MR) is 105 cm³/mol. The van der Waals surface area contributed by atoms with E-state index >= 15 is 0 Å². The highest BCUT2D eigenvalue weighted by molar-refractivity contribution is 5.80.